The van der Waals surface area contributed by atoms with E-state index in [0.717, 1.165) is 16.9 Å². The summed E-state index contributed by atoms with van der Waals surface area (Å²) in [4.78, 5) is 16.3. The molecule has 0 saturated heterocycles. The van der Waals surface area contributed by atoms with E-state index in [0.29, 0.717) is 6.54 Å². The molecule has 0 radical (unpaired) electrons. The second kappa shape index (κ2) is 5.81. The quantitative estimate of drug-likeness (QED) is 0.893. The first-order valence-corrected chi connectivity index (χ1v) is 7.11. The Bertz CT molecular complexity index is 641. The fourth-order valence-electron chi connectivity index (χ4n) is 1.97. The summed E-state index contributed by atoms with van der Waals surface area (Å²) >= 11 is 0. The lowest BCUT2D eigenvalue weighted by molar-refractivity contribution is -0.124. The number of aryl methyl sites for hydroxylation is 1. The van der Waals surface area contributed by atoms with Crippen LogP contribution in [0.5, 0.6) is 0 Å². The van der Waals surface area contributed by atoms with Crippen LogP contribution in [-0.4, -0.2) is 32.1 Å². The average Bonchev–Trinajstić information content (AvgIpc) is 2.73. The molecule has 0 aliphatic carbocycles. The Morgan fingerprint density at radius 1 is 1.43 bits per heavy atom. The minimum atomic E-state index is -0.265. The molecule has 2 aromatic heterocycles. The molecule has 2 rings (SSSR count). The lowest BCUT2D eigenvalue weighted by Crippen LogP contribution is -2.49. The third kappa shape index (κ3) is 4.26. The van der Waals surface area contributed by atoms with Crippen LogP contribution in [0, 0.1) is 6.92 Å². The number of amides is 1. The SMILES string of the molecule is Cc1cc2ncc(CNC(C)C(=O)NC(C)(C)C)cn2n1. The van der Waals surface area contributed by atoms with E-state index in [1.54, 1.807) is 10.7 Å². The van der Waals surface area contributed by atoms with Gasteiger partial charge >= 0.3 is 0 Å². The van der Waals surface area contributed by atoms with Gasteiger partial charge in [0.15, 0.2) is 5.65 Å². The summed E-state index contributed by atoms with van der Waals surface area (Å²) in [5.74, 6) is -0.00790. The van der Waals surface area contributed by atoms with Gasteiger partial charge in [0.1, 0.15) is 0 Å². The summed E-state index contributed by atoms with van der Waals surface area (Å²) in [6.45, 7) is 10.3. The fourth-order valence-corrected chi connectivity index (χ4v) is 1.97. The summed E-state index contributed by atoms with van der Waals surface area (Å²) in [5, 5.41) is 10.5. The van der Waals surface area contributed by atoms with Gasteiger partial charge in [-0.05, 0) is 34.6 Å². The van der Waals surface area contributed by atoms with E-state index in [1.807, 2.05) is 46.9 Å². The molecule has 0 aliphatic rings. The van der Waals surface area contributed by atoms with Crippen molar-refractivity contribution in [3.8, 4) is 0 Å². The van der Waals surface area contributed by atoms with Gasteiger partial charge in [-0.25, -0.2) is 9.50 Å². The van der Waals surface area contributed by atoms with Gasteiger partial charge in [0.25, 0.3) is 0 Å². The zero-order valence-corrected chi connectivity index (χ0v) is 13.3. The Hall–Kier alpha value is -1.95. The van der Waals surface area contributed by atoms with Crippen LogP contribution in [0.25, 0.3) is 5.65 Å². The highest BCUT2D eigenvalue weighted by Crippen LogP contribution is 2.05. The highest BCUT2D eigenvalue weighted by molar-refractivity contribution is 5.81. The molecule has 0 fully saturated rings. The number of hydrogen-bond donors (Lipinski definition) is 2. The standard InChI is InChI=1S/C15H23N5O/c1-10-6-13-17-8-12(9-20(13)19-10)7-16-11(2)14(21)18-15(3,4)5/h6,8-9,11,16H,7H2,1-5H3,(H,18,21). The molecule has 1 atom stereocenters. The third-order valence-corrected chi connectivity index (χ3v) is 2.99. The van der Waals surface area contributed by atoms with Gasteiger partial charge in [0.2, 0.25) is 5.91 Å². The minimum Gasteiger partial charge on any atom is -0.350 e. The molecule has 0 saturated carbocycles. The molecule has 114 valence electrons. The maximum Gasteiger partial charge on any atom is 0.237 e. The first-order valence-electron chi connectivity index (χ1n) is 7.11. The van der Waals surface area contributed by atoms with Gasteiger partial charge in [-0.2, -0.15) is 5.10 Å². The van der Waals surface area contributed by atoms with Crippen molar-refractivity contribution in [3.63, 3.8) is 0 Å². The molecule has 1 amide bonds. The first-order chi connectivity index (χ1) is 9.74. The Morgan fingerprint density at radius 3 is 2.81 bits per heavy atom. The van der Waals surface area contributed by atoms with E-state index in [2.05, 4.69) is 20.7 Å². The van der Waals surface area contributed by atoms with E-state index in [9.17, 15) is 4.79 Å². The van der Waals surface area contributed by atoms with Crippen LogP contribution >= 0.6 is 0 Å². The van der Waals surface area contributed by atoms with Crippen LogP contribution in [0.2, 0.25) is 0 Å². The molecule has 21 heavy (non-hydrogen) atoms. The van der Waals surface area contributed by atoms with Crippen LogP contribution in [0.3, 0.4) is 0 Å². The number of aromatic nitrogens is 3. The van der Waals surface area contributed by atoms with Crippen molar-refractivity contribution in [3.05, 3.63) is 29.7 Å². The Kier molecular flexibility index (Phi) is 4.27. The zero-order valence-electron chi connectivity index (χ0n) is 13.3. The number of carbonyl (C=O) groups excluding carboxylic acids is 1. The summed E-state index contributed by atoms with van der Waals surface area (Å²) in [6.07, 6.45) is 3.73. The van der Waals surface area contributed by atoms with E-state index < -0.39 is 0 Å². The second-order valence-corrected chi connectivity index (χ2v) is 6.39. The predicted octanol–water partition coefficient (Wildman–Crippen LogP) is 1.43. The molecular formula is C15H23N5O. The van der Waals surface area contributed by atoms with Gasteiger partial charge in [0, 0.05) is 36.1 Å². The topological polar surface area (TPSA) is 71.3 Å². The van der Waals surface area contributed by atoms with Crippen molar-refractivity contribution in [2.45, 2.75) is 52.7 Å². The fraction of sp³-hybridized carbons (Fsp3) is 0.533. The molecular weight excluding hydrogens is 266 g/mol. The molecule has 6 heteroatoms. The summed E-state index contributed by atoms with van der Waals surface area (Å²) in [7, 11) is 0. The largest absolute Gasteiger partial charge is 0.350 e. The zero-order chi connectivity index (χ0) is 15.6. The van der Waals surface area contributed by atoms with Gasteiger partial charge in [-0.1, -0.05) is 0 Å². The summed E-state index contributed by atoms with van der Waals surface area (Å²) < 4.78 is 1.76. The number of hydrogen-bond acceptors (Lipinski definition) is 4. The minimum absolute atomic E-state index is 0.00790. The summed E-state index contributed by atoms with van der Waals surface area (Å²) in [5.41, 5.74) is 2.53. The van der Waals surface area contributed by atoms with Crippen molar-refractivity contribution in [1.82, 2.24) is 25.2 Å². The average molecular weight is 289 g/mol. The van der Waals surface area contributed by atoms with Crippen LogP contribution in [0.15, 0.2) is 18.5 Å². The van der Waals surface area contributed by atoms with Crippen molar-refractivity contribution in [2.24, 2.45) is 0 Å². The van der Waals surface area contributed by atoms with Crippen LogP contribution < -0.4 is 10.6 Å². The van der Waals surface area contributed by atoms with E-state index in [-0.39, 0.29) is 17.5 Å². The molecule has 0 aromatic carbocycles. The molecule has 2 aromatic rings. The molecule has 0 bridgehead atoms. The van der Waals surface area contributed by atoms with Gasteiger partial charge < -0.3 is 10.6 Å². The number of fused-ring (bicyclic) bond motifs is 1. The van der Waals surface area contributed by atoms with Gasteiger partial charge in [-0.3, -0.25) is 4.79 Å². The number of nitrogens with zero attached hydrogens (tertiary/aromatic N) is 3. The maximum absolute atomic E-state index is 12.0. The lowest BCUT2D eigenvalue weighted by atomic mass is 10.1. The van der Waals surface area contributed by atoms with Crippen molar-refractivity contribution in [2.75, 3.05) is 0 Å². The van der Waals surface area contributed by atoms with Crippen molar-refractivity contribution in [1.29, 1.82) is 0 Å². The maximum atomic E-state index is 12.0. The summed E-state index contributed by atoms with van der Waals surface area (Å²) in [6, 6.07) is 1.66. The molecule has 6 nitrogen and oxygen atoms in total. The monoisotopic (exact) mass is 289 g/mol. The van der Waals surface area contributed by atoms with Gasteiger partial charge in [-0.15, -0.1) is 0 Å². The van der Waals surface area contributed by atoms with Crippen molar-refractivity contribution < 1.29 is 4.79 Å². The van der Waals surface area contributed by atoms with E-state index >= 15 is 0 Å². The van der Waals surface area contributed by atoms with Crippen LogP contribution in [-0.2, 0) is 11.3 Å². The highest BCUT2D eigenvalue weighted by atomic mass is 16.2. The smallest absolute Gasteiger partial charge is 0.237 e. The van der Waals surface area contributed by atoms with Crippen LogP contribution in [0.1, 0.15) is 39.0 Å². The van der Waals surface area contributed by atoms with E-state index in [4.69, 9.17) is 0 Å². The number of rotatable bonds is 4. The number of carbonyl (C=O) groups is 1. The lowest BCUT2D eigenvalue weighted by Gasteiger charge is -2.23. The Morgan fingerprint density at radius 2 is 2.14 bits per heavy atom. The normalized spacial score (nSPS) is 13.4. The Balaban J connectivity index is 1.96. The second-order valence-electron chi connectivity index (χ2n) is 6.39. The Labute approximate surface area is 125 Å². The number of nitrogens with one attached hydrogen (secondary N) is 2. The first kappa shape index (κ1) is 15.4. The van der Waals surface area contributed by atoms with Gasteiger partial charge in [0.05, 0.1) is 11.7 Å². The van der Waals surface area contributed by atoms with Crippen molar-refractivity contribution >= 4 is 11.6 Å². The molecule has 0 spiro atoms. The van der Waals surface area contributed by atoms with E-state index in [1.165, 1.54) is 0 Å². The molecule has 2 N–H and O–H groups in total. The van der Waals surface area contributed by atoms with Crippen LogP contribution in [0.4, 0.5) is 0 Å². The third-order valence-electron chi connectivity index (χ3n) is 2.99. The predicted molar refractivity (Wildman–Crippen MR) is 81.9 cm³/mol. The highest BCUT2D eigenvalue weighted by Gasteiger charge is 2.18. The molecule has 2 heterocycles. The molecule has 0 aliphatic heterocycles. The molecule has 1 unspecified atom stereocenters.